The lowest BCUT2D eigenvalue weighted by Crippen LogP contribution is -2.29. The largest absolute Gasteiger partial charge is 0.507 e. The molecule has 1 aliphatic rings. The number of aliphatic hydroxyl groups is 1. The Hall–Kier alpha value is -4.26. The summed E-state index contributed by atoms with van der Waals surface area (Å²) in [5, 5.41) is 11.4. The maximum absolute atomic E-state index is 13.4. The zero-order valence-electron chi connectivity index (χ0n) is 21.3. The summed E-state index contributed by atoms with van der Waals surface area (Å²) in [6.45, 7) is 2.82. The maximum atomic E-state index is 13.4. The Morgan fingerprint density at radius 2 is 1.68 bits per heavy atom. The lowest BCUT2D eigenvalue weighted by Gasteiger charge is -2.26. The number of ketones is 1. The fraction of sp³-hybridized carbons (Fsp3) is 0.267. The van der Waals surface area contributed by atoms with Gasteiger partial charge >= 0.3 is 0 Å². The third-order valence-electron chi connectivity index (χ3n) is 6.33. The van der Waals surface area contributed by atoms with Crippen LogP contribution in [0.2, 0.25) is 0 Å². The van der Waals surface area contributed by atoms with Crippen molar-refractivity contribution in [2.45, 2.75) is 32.4 Å². The van der Waals surface area contributed by atoms with Gasteiger partial charge in [0.1, 0.15) is 11.5 Å². The Kier molecular flexibility index (Phi) is 8.13. The molecule has 0 spiro atoms. The fourth-order valence-electron chi connectivity index (χ4n) is 4.42. The summed E-state index contributed by atoms with van der Waals surface area (Å²) in [5.74, 6) is -0.126. The number of hydrogen-bond donors (Lipinski definition) is 1. The van der Waals surface area contributed by atoms with Gasteiger partial charge in [-0.2, -0.15) is 0 Å². The van der Waals surface area contributed by atoms with Gasteiger partial charge in [0.05, 0.1) is 32.4 Å². The number of Topliss-reactive ketones (excluding diaryl/α,β-unsaturated/α-hetero) is 1. The van der Waals surface area contributed by atoms with E-state index in [0.717, 1.165) is 18.4 Å². The Morgan fingerprint density at radius 3 is 2.38 bits per heavy atom. The third kappa shape index (κ3) is 5.45. The number of carbonyl (C=O) groups is 2. The van der Waals surface area contributed by atoms with Crippen LogP contribution in [0, 0.1) is 0 Å². The van der Waals surface area contributed by atoms with E-state index < -0.39 is 17.7 Å². The summed E-state index contributed by atoms with van der Waals surface area (Å²) in [6, 6.07) is 20.7. The van der Waals surface area contributed by atoms with Crippen molar-refractivity contribution in [2.75, 3.05) is 20.8 Å². The number of hydrogen-bond acceptors (Lipinski definition) is 6. The van der Waals surface area contributed by atoms with E-state index in [4.69, 9.17) is 14.2 Å². The molecule has 1 saturated heterocycles. The van der Waals surface area contributed by atoms with Crippen LogP contribution >= 0.6 is 0 Å². The molecule has 7 nitrogen and oxygen atoms in total. The molecule has 7 heteroatoms. The third-order valence-corrected chi connectivity index (χ3v) is 6.33. The molecule has 1 amide bonds. The summed E-state index contributed by atoms with van der Waals surface area (Å²) in [4.78, 5) is 28.2. The average molecular weight is 502 g/mol. The van der Waals surface area contributed by atoms with Crippen molar-refractivity contribution in [1.82, 2.24) is 4.90 Å². The quantitative estimate of drug-likeness (QED) is 0.171. The average Bonchev–Trinajstić information content (AvgIpc) is 3.18. The highest BCUT2D eigenvalue weighted by Crippen LogP contribution is 2.42. The highest BCUT2D eigenvalue weighted by atomic mass is 16.5. The summed E-state index contributed by atoms with van der Waals surface area (Å²) < 4.78 is 16.6. The minimum absolute atomic E-state index is 0.0128. The van der Waals surface area contributed by atoms with E-state index in [-0.39, 0.29) is 17.9 Å². The van der Waals surface area contributed by atoms with E-state index >= 15 is 0 Å². The number of likely N-dealkylation sites (tertiary alicyclic amines) is 1. The Bertz CT molecular complexity index is 1300. The van der Waals surface area contributed by atoms with Crippen molar-refractivity contribution in [3.8, 4) is 17.2 Å². The normalized spacial score (nSPS) is 16.6. The van der Waals surface area contributed by atoms with Crippen LogP contribution in [0.15, 0.2) is 78.4 Å². The van der Waals surface area contributed by atoms with Crippen molar-refractivity contribution in [3.05, 3.63) is 95.1 Å². The molecule has 1 N–H and O–H groups in total. The van der Waals surface area contributed by atoms with Crippen molar-refractivity contribution < 1.29 is 28.9 Å². The smallest absolute Gasteiger partial charge is 0.295 e. The minimum atomic E-state index is -0.829. The number of carbonyl (C=O) groups excluding carboxylic acids is 2. The monoisotopic (exact) mass is 501 g/mol. The summed E-state index contributed by atoms with van der Waals surface area (Å²) in [7, 11) is 3.06. The predicted molar refractivity (Wildman–Crippen MR) is 141 cm³/mol. The van der Waals surface area contributed by atoms with Crippen LogP contribution < -0.4 is 14.2 Å². The van der Waals surface area contributed by atoms with Crippen LogP contribution in [0.4, 0.5) is 0 Å². The zero-order chi connectivity index (χ0) is 26.4. The molecule has 0 saturated carbocycles. The Morgan fingerprint density at radius 1 is 0.919 bits per heavy atom. The topological polar surface area (TPSA) is 85.3 Å². The zero-order valence-corrected chi connectivity index (χ0v) is 21.3. The van der Waals surface area contributed by atoms with E-state index in [2.05, 4.69) is 6.92 Å². The van der Waals surface area contributed by atoms with E-state index in [1.165, 1.54) is 19.1 Å². The van der Waals surface area contributed by atoms with Gasteiger partial charge < -0.3 is 24.2 Å². The van der Waals surface area contributed by atoms with Gasteiger partial charge in [0.25, 0.3) is 11.7 Å². The molecule has 192 valence electrons. The molecular formula is C30H31NO6. The number of nitrogens with zero attached hydrogens (tertiary/aromatic N) is 1. The molecule has 3 aromatic carbocycles. The molecule has 1 fully saturated rings. The van der Waals surface area contributed by atoms with Crippen molar-refractivity contribution >= 4 is 17.4 Å². The van der Waals surface area contributed by atoms with Crippen LogP contribution in [0.25, 0.3) is 5.76 Å². The van der Waals surface area contributed by atoms with Crippen LogP contribution in [0.5, 0.6) is 17.2 Å². The van der Waals surface area contributed by atoms with Crippen LogP contribution in [-0.2, 0) is 16.1 Å². The number of ether oxygens (including phenoxy) is 3. The molecule has 37 heavy (non-hydrogen) atoms. The summed E-state index contributed by atoms with van der Waals surface area (Å²) in [5.41, 5.74) is 1.89. The lowest BCUT2D eigenvalue weighted by atomic mass is 9.94. The summed E-state index contributed by atoms with van der Waals surface area (Å²) >= 11 is 0. The van der Waals surface area contributed by atoms with Gasteiger partial charge in [-0.25, -0.2) is 0 Å². The summed E-state index contributed by atoms with van der Waals surface area (Å²) in [6.07, 6.45) is 1.90. The molecule has 1 unspecified atom stereocenters. The van der Waals surface area contributed by atoms with Gasteiger partial charge in [-0.1, -0.05) is 61.9 Å². The molecule has 0 aromatic heterocycles. The molecular weight excluding hydrogens is 470 g/mol. The molecule has 1 atom stereocenters. The van der Waals surface area contributed by atoms with Gasteiger partial charge in [0.15, 0.2) is 11.5 Å². The van der Waals surface area contributed by atoms with E-state index in [1.807, 2.05) is 30.3 Å². The highest BCUT2D eigenvalue weighted by molar-refractivity contribution is 6.46. The van der Waals surface area contributed by atoms with Crippen molar-refractivity contribution in [1.29, 1.82) is 0 Å². The van der Waals surface area contributed by atoms with Gasteiger partial charge in [-0.15, -0.1) is 0 Å². The number of methoxy groups -OCH3 is 2. The van der Waals surface area contributed by atoms with Gasteiger partial charge in [0, 0.05) is 12.1 Å². The Labute approximate surface area is 216 Å². The first kappa shape index (κ1) is 25.8. The molecule has 0 aliphatic carbocycles. The highest BCUT2D eigenvalue weighted by Gasteiger charge is 2.46. The number of rotatable bonds is 10. The van der Waals surface area contributed by atoms with Gasteiger partial charge in [-0.05, 0) is 41.8 Å². The Balaban J connectivity index is 1.83. The first-order valence-electron chi connectivity index (χ1n) is 12.3. The van der Waals surface area contributed by atoms with E-state index in [0.29, 0.717) is 35.0 Å². The van der Waals surface area contributed by atoms with Crippen molar-refractivity contribution in [3.63, 3.8) is 0 Å². The fourth-order valence-corrected chi connectivity index (χ4v) is 4.42. The minimum Gasteiger partial charge on any atom is -0.507 e. The first-order chi connectivity index (χ1) is 18.0. The molecule has 4 rings (SSSR count). The number of amides is 1. The SMILES string of the molecule is CCCCOc1cccc(C(O)=C2C(=O)C(=O)N(Cc3ccccc3)C2c2ccc(OC)c(OC)c2)c1. The molecule has 0 bridgehead atoms. The molecule has 1 aliphatic heterocycles. The number of benzene rings is 3. The standard InChI is InChI=1S/C30H31NO6/c1-4-5-16-37-23-13-9-12-22(17-23)28(32)26-27(21-14-15-24(35-2)25(18-21)36-3)31(30(34)29(26)33)19-20-10-7-6-8-11-20/h6-15,17-18,27,32H,4-5,16,19H2,1-3H3. The first-order valence-corrected chi connectivity index (χ1v) is 12.3. The predicted octanol–water partition coefficient (Wildman–Crippen LogP) is 5.50. The second-order valence-electron chi connectivity index (χ2n) is 8.76. The van der Waals surface area contributed by atoms with Gasteiger partial charge in [0.2, 0.25) is 0 Å². The second-order valence-corrected chi connectivity index (χ2v) is 8.76. The number of aliphatic hydroxyl groups excluding tert-OH is 1. The van der Waals surface area contributed by atoms with Crippen LogP contribution in [0.1, 0.15) is 42.5 Å². The van der Waals surface area contributed by atoms with Crippen LogP contribution in [-0.4, -0.2) is 42.5 Å². The second kappa shape index (κ2) is 11.6. The van der Waals surface area contributed by atoms with E-state index in [1.54, 1.807) is 42.5 Å². The number of unbranched alkanes of at least 4 members (excludes halogenated alkanes) is 1. The van der Waals surface area contributed by atoms with Gasteiger partial charge in [-0.3, -0.25) is 9.59 Å². The molecule has 1 heterocycles. The lowest BCUT2D eigenvalue weighted by molar-refractivity contribution is -0.140. The van der Waals surface area contributed by atoms with Crippen LogP contribution in [0.3, 0.4) is 0 Å². The van der Waals surface area contributed by atoms with Crippen molar-refractivity contribution in [2.24, 2.45) is 0 Å². The maximum Gasteiger partial charge on any atom is 0.295 e. The molecule has 3 aromatic rings. The molecule has 0 radical (unpaired) electrons. The van der Waals surface area contributed by atoms with E-state index in [9.17, 15) is 14.7 Å².